The molecule has 1 fully saturated rings. The molecule has 2 N–H and O–H groups in total. The van der Waals surface area contributed by atoms with Gasteiger partial charge in [0.05, 0.1) is 16.9 Å². The van der Waals surface area contributed by atoms with Gasteiger partial charge in [0.15, 0.2) is 15.7 Å². The van der Waals surface area contributed by atoms with Crippen molar-refractivity contribution in [2.24, 2.45) is 0 Å². The first kappa shape index (κ1) is 24.9. The molecule has 12 heteroatoms. The summed E-state index contributed by atoms with van der Waals surface area (Å²) in [7, 11) is -1.91. The Bertz CT molecular complexity index is 1570. The predicted molar refractivity (Wildman–Crippen MR) is 140 cm³/mol. The number of hydrogen-bond donors (Lipinski definition) is 2. The molecule has 0 aliphatic heterocycles. The third-order valence-electron chi connectivity index (χ3n) is 6.32. The predicted octanol–water partition coefficient (Wildman–Crippen LogP) is 4.88. The molecule has 0 bridgehead atoms. The Hall–Kier alpha value is -3.80. The minimum atomic E-state index is -3.55. The zero-order chi connectivity index (χ0) is 26.5. The monoisotopic (exact) mass is 524 g/mol. The molecule has 194 valence electrons. The van der Waals surface area contributed by atoms with Crippen molar-refractivity contribution in [1.29, 1.82) is 0 Å². The van der Waals surface area contributed by atoms with E-state index in [2.05, 4.69) is 34.3 Å². The van der Waals surface area contributed by atoms with Crippen LogP contribution >= 0.6 is 0 Å². The van der Waals surface area contributed by atoms with Crippen LogP contribution < -0.4 is 10.2 Å². The molecule has 10 nitrogen and oxygen atoms in total. The van der Waals surface area contributed by atoms with E-state index in [4.69, 9.17) is 9.97 Å². The lowest BCUT2D eigenvalue weighted by molar-refractivity contribution is 0.596. The maximum Gasteiger partial charge on any atom is 0.232 e. The summed E-state index contributed by atoms with van der Waals surface area (Å²) in [6, 6.07) is 5.90. The third-order valence-corrected chi connectivity index (χ3v) is 7.43. The highest BCUT2D eigenvalue weighted by atomic mass is 32.2. The van der Waals surface area contributed by atoms with Gasteiger partial charge in [-0.2, -0.15) is 10.1 Å². The third kappa shape index (κ3) is 5.06. The highest BCUT2D eigenvalue weighted by Crippen LogP contribution is 2.48. The summed E-state index contributed by atoms with van der Waals surface area (Å²) < 4.78 is 40.9. The Morgan fingerprint density at radius 3 is 2.54 bits per heavy atom. The molecule has 0 saturated heterocycles. The van der Waals surface area contributed by atoms with E-state index < -0.39 is 15.7 Å². The average molecular weight is 525 g/mol. The van der Waals surface area contributed by atoms with Gasteiger partial charge in [-0.05, 0) is 57.7 Å². The largest absolute Gasteiger partial charge is 0.334 e. The van der Waals surface area contributed by atoms with E-state index in [9.17, 15) is 8.42 Å². The number of anilines is 4. The van der Waals surface area contributed by atoms with E-state index in [1.807, 2.05) is 23.8 Å². The number of nitrogens with zero attached hydrogens (tertiary/aromatic N) is 6. The van der Waals surface area contributed by atoms with Gasteiger partial charge in [-0.15, -0.1) is 0 Å². The van der Waals surface area contributed by atoms with E-state index in [-0.39, 0.29) is 28.5 Å². The van der Waals surface area contributed by atoms with Gasteiger partial charge in [-0.25, -0.2) is 22.8 Å². The second-order valence-corrected chi connectivity index (χ2v) is 11.7. The fraction of sp³-hybridized carbons (Fsp3) is 0.360. The molecule has 1 aromatic carbocycles. The molecular weight excluding hydrogens is 495 g/mol. The van der Waals surface area contributed by atoms with Crippen LogP contribution in [-0.2, 0) is 9.84 Å². The number of aromatic nitrogens is 6. The molecule has 1 aliphatic carbocycles. The molecule has 0 atom stereocenters. The van der Waals surface area contributed by atoms with Crippen LogP contribution in [0.25, 0.3) is 11.4 Å². The summed E-state index contributed by atoms with van der Waals surface area (Å²) >= 11 is 0. The number of rotatable bonds is 8. The molecule has 1 saturated carbocycles. The quantitative estimate of drug-likeness (QED) is 0.334. The van der Waals surface area contributed by atoms with Gasteiger partial charge >= 0.3 is 0 Å². The Balaban J connectivity index is 1.66. The lowest BCUT2D eigenvalue weighted by Gasteiger charge is -2.22. The number of imidazole rings is 1. The molecule has 0 unspecified atom stereocenters. The molecule has 5 rings (SSSR count). The van der Waals surface area contributed by atoms with Gasteiger partial charge < -0.3 is 14.8 Å². The molecular formula is C25H29FN8O2S. The minimum Gasteiger partial charge on any atom is -0.334 e. The van der Waals surface area contributed by atoms with Gasteiger partial charge in [0.25, 0.3) is 0 Å². The van der Waals surface area contributed by atoms with E-state index in [0.29, 0.717) is 23.0 Å². The maximum absolute atomic E-state index is 15.1. The molecule has 0 radical (unpaired) electrons. The highest BCUT2D eigenvalue weighted by Gasteiger charge is 2.33. The summed E-state index contributed by atoms with van der Waals surface area (Å²) in [5, 5.41) is 10.5. The van der Waals surface area contributed by atoms with Crippen LogP contribution in [-0.4, -0.2) is 51.4 Å². The average Bonchev–Trinajstić information content (AvgIpc) is 3.39. The first-order chi connectivity index (χ1) is 17.5. The molecule has 0 amide bonds. The van der Waals surface area contributed by atoms with Crippen molar-refractivity contribution in [2.45, 2.75) is 50.5 Å². The van der Waals surface area contributed by atoms with Crippen molar-refractivity contribution < 1.29 is 12.8 Å². The Morgan fingerprint density at radius 2 is 1.97 bits per heavy atom. The number of halogens is 1. The summed E-state index contributed by atoms with van der Waals surface area (Å²) in [6.07, 6.45) is 6.78. The summed E-state index contributed by atoms with van der Waals surface area (Å²) in [4.78, 5) is 15.7. The van der Waals surface area contributed by atoms with E-state index in [0.717, 1.165) is 36.4 Å². The summed E-state index contributed by atoms with van der Waals surface area (Å²) in [6.45, 7) is 6.05. The number of aromatic amines is 1. The van der Waals surface area contributed by atoms with Crippen LogP contribution in [0.5, 0.6) is 0 Å². The normalized spacial score (nSPS) is 13.8. The lowest BCUT2D eigenvalue weighted by atomic mass is 10.1. The van der Waals surface area contributed by atoms with Crippen LogP contribution in [0.4, 0.5) is 27.7 Å². The maximum atomic E-state index is 15.1. The number of aryl methyl sites for hydroxylation is 1. The van der Waals surface area contributed by atoms with E-state index in [1.165, 1.54) is 17.0 Å². The van der Waals surface area contributed by atoms with Crippen LogP contribution in [0.1, 0.15) is 49.9 Å². The van der Waals surface area contributed by atoms with Crippen LogP contribution in [0.15, 0.2) is 41.7 Å². The van der Waals surface area contributed by atoms with Crippen LogP contribution in [0, 0.1) is 12.7 Å². The fourth-order valence-corrected chi connectivity index (χ4v) is 4.73. The zero-order valence-corrected chi connectivity index (χ0v) is 22.1. The van der Waals surface area contributed by atoms with Crippen LogP contribution in [0.2, 0.25) is 0 Å². The zero-order valence-electron chi connectivity index (χ0n) is 21.3. The molecule has 37 heavy (non-hydrogen) atoms. The first-order valence-corrected chi connectivity index (χ1v) is 13.9. The van der Waals surface area contributed by atoms with Crippen molar-refractivity contribution in [3.05, 3.63) is 53.9 Å². The van der Waals surface area contributed by atoms with Crippen molar-refractivity contribution in [2.75, 3.05) is 23.5 Å². The fourth-order valence-electron chi connectivity index (χ4n) is 4.10. The number of sulfone groups is 1. The van der Waals surface area contributed by atoms with Gasteiger partial charge in [-0.3, -0.25) is 5.10 Å². The topological polar surface area (TPSA) is 122 Å². The smallest absolute Gasteiger partial charge is 0.232 e. The lowest BCUT2D eigenvalue weighted by Crippen LogP contribution is -2.17. The van der Waals surface area contributed by atoms with Gasteiger partial charge in [0.1, 0.15) is 23.0 Å². The molecule has 3 heterocycles. The molecule has 1 aliphatic rings. The Labute approximate surface area is 214 Å². The number of nitrogens with one attached hydrogen (secondary N) is 2. The second-order valence-electron chi connectivity index (χ2n) is 9.71. The Kier molecular flexibility index (Phi) is 6.22. The van der Waals surface area contributed by atoms with Gasteiger partial charge in [0, 0.05) is 42.9 Å². The van der Waals surface area contributed by atoms with Crippen molar-refractivity contribution >= 4 is 33.1 Å². The molecule has 3 aromatic heterocycles. The van der Waals surface area contributed by atoms with Crippen molar-refractivity contribution in [1.82, 2.24) is 29.7 Å². The van der Waals surface area contributed by atoms with Crippen molar-refractivity contribution in [3.8, 4) is 11.4 Å². The molecule has 4 aromatic rings. The molecule has 0 spiro atoms. The van der Waals surface area contributed by atoms with E-state index in [1.54, 1.807) is 13.4 Å². The van der Waals surface area contributed by atoms with Crippen LogP contribution in [0.3, 0.4) is 0 Å². The van der Waals surface area contributed by atoms with Gasteiger partial charge in [-0.1, -0.05) is 0 Å². The highest BCUT2D eigenvalue weighted by molar-refractivity contribution is 7.90. The van der Waals surface area contributed by atoms with Gasteiger partial charge in [0.2, 0.25) is 5.95 Å². The second kappa shape index (κ2) is 9.25. The van der Waals surface area contributed by atoms with Crippen molar-refractivity contribution in [3.63, 3.8) is 0 Å². The summed E-state index contributed by atoms with van der Waals surface area (Å²) in [5.41, 5.74) is 3.35. The number of hydrogen-bond acceptors (Lipinski definition) is 8. The van der Waals surface area contributed by atoms with E-state index >= 15 is 4.39 Å². The minimum absolute atomic E-state index is 0.0941. The Morgan fingerprint density at radius 1 is 1.22 bits per heavy atom. The SMILES string of the molecule is Cc1cc(Nc2nc(N(C)c3ccc(S(C)(=O)=O)cc3F)nc(-c3cn(C(C)C)cn3)c2C2CC2)n[nH]1. The first-order valence-electron chi connectivity index (χ1n) is 12.0. The number of H-pyrrole nitrogens is 1. The summed E-state index contributed by atoms with van der Waals surface area (Å²) in [5.74, 6) is 0.997. The number of benzene rings is 1. The standard InChI is InChI=1S/C25H29FN8O2S/c1-14(2)34-12-19(27-13-34)23-22(16-6-7-16)24(28-21-10-15(3)31-32-21)30-25(29-23)33(4)20-9-8-17(11-18(20)26)37(5,35)36/h8-14,16H,6-7H2,1-5H3,(H2,28,29,30,31,32).